The van der Waals surface area contributed by atoms with Crippen LogP contribution in [-0.2, 0) is 11.3 Å². The van der Waals surface area contributed by atoms with Crippen molar-refractivity contribution in [3.8, 4) is 6.07 Å². The minimum Gasteiger partial charge on any atom is -0.358 e. The Labute approximate surface area is 119 Å². The highest BCUT2D eigenvalue weighted by atomic mass is 19.1. The molecular weight excluding hydrogens is 257 g/mol. The van der Waals surface area contributed by atoms with Crippen LogP contribution in [0.5, 0.6) is 0 Å². The Morgan fingerprint density at radius 1 is 1.45 bits per heavy atom. The second-order valence-electron chi connectivity index (χ2n) is 5.10. The lowest BCUT2D eigenvalue weighted by Crippen LogP contribution is -2.43. The highest BCUT2D eigenvalue weighted by Gasteiger charge is 2.17. The molecule has 2 N–H and O–H groups in total. The molecule has 0 spiro atoms. The molecule has 0 heterocycles. The van der Waals surface area contributed by atoms with Crippen LogP contribution < -0.4 is 10.6 Å². The fourth-order valence-corrected chi connectivity index (χ4v) is 1.94. The zero-order valence-corrected chi connectivity index (χ0v) is 12.0. The Morgan fingerprint density at radius 2 is 2.15 bits per heavy atom. The number of hydrogen-bond acceptors (Lipinski definition) is 3. The number of benzene rings is 1. The summed E-state index contributed by atoms with van der Waals surface area (Å²) in [6.07, 6.45) is 0.714. The van der Waals surface area contributed by atoms with Gasteiger partial charge in [0.25, 0.3) is 0 Å². The highest BCUT2D eigenvalue weighted by molar-refractivity contribution is 5.81. The molecule has 0 aliphatic heterocycles. The van der Waals surface area contributed by atoms with Gasteiger partial charge in [0.05, 0.1) is 11.6 Å². The van der Waals surface area contributed by atoms with Crippen molar-refractivity contribution in [3.05, 3.63) is 35.1 Å². The molecule has 108 valence electrons. The number of halogens is 1. The first-order valence-electron chi connectivity index (χ1n) is 6.61. The second-order valence-corrected chi connectivity index (χ2v) is 5.10. The maximum atomic E-state index is 13.2. The van der Waals surface area contributed by atoms with E-state index >= 15 is 0 Å². The van der Waals surface area contributed by atoms with Crippen LogP contribution in [0.4, 0.5) is 4.39 Å². The molecule has 0 aliphatic rings. The van der Waals surface area contributed by atoms with E-state index in [0.717, 1.165) is 5.56 Å². The zero-order valence-electron chi connectivity index (χ0n) is 12.0. The fourth-order valence-electron chi connectivity index (χ4n) is 1.94. The summed E-state index contributed by atoms with van der Waals surface area (Å²) in [6, 6.07) is 5.89. The summed E-state index contributed by atoms with van der Waals surface area (Å²) in [5, 5.41) is 14.6. The van der Waals surface area contributed by atoms with Gasteiger partial charge in [-0.15, -0.1) is 0 Å². The molecule has 0 aromatic heterocycles. The smallest absolute Gasteiger partial charge is 0.236 e. The van der Waals surface area contributed by atoms with Crippen LogP contribution >= 0.6 is 0 Å². The predicted octanol–water partition coefficient (Wildman–Crippen LogP) is 1.95. The first kappa shape index (κ1) is 16.1. The zero-order chi connectivity index (χ0) is 15.1. The van der Waals surface area contributed by atoms with Crippen molar-refractivity contribution in [3.63, 3.8) is 0 Å². The van der Waals surface area contributed by atoms with Crippen molar-refractivity contribution in [1.82, 2.24) is 10.6 Å². The van der Waals surface area contributed by atoms with Gasteiger partial charge in [0, 0.05) is 13.6 Å². The van der Waals surface area contributed by atoms with E-state index in [0.29, 0.717) is 18.9 Å². The standard InChI is InChI=1S/C15H20FN3O/c1-10(2)6-14(15(20)18-3)19-9-11-4-5-13(16)12(7-11)8-17/h4-5,7,10,14,19H,6,9H2,1-3H3,(H,18,20). The molecule has 1 aromatic rings. The van der Waals surface area contributed by atoms with Crippen molar-refractivity contribution >= 4 is 5.91 Å². The largest absolute Gasteiger partial charge is 0.358 e. The highest BCUT2D eigenvalue weighted by Crippen LogP contribution is 2.11. The van der Waals surface area contributed by atoms with Gasteiger partial charge >= 0.3 is 0 Å². The van der Waals surface area contributed by atoms with Gasteiger partial charge in [-0.25, -0.2) is 4.39 Å². The predicted molar refractivity (Wildman–Crippen MR) is 75.3 cm³/mol. The van der Waals surface area contributed by atoms with Gasteiger partial charge in [-0.05, 0) is 30.0 Å². The first-order valence-corrected chi connectivity index (χ1v) is 6.61. The number of likely N-dealkylation sites (N-methyl/N-ethyl adjacent to an activating group) is 1. The van der Waals surface area contributed by atoms with E-state index in [1.54, 1.807) is 13.1 Å². The van der Waals surface area contributed by atoms with E-state index in [1.807, 2.05) is 19.9 Å². The molecule has 0 fully saturated rings. The Balaban J connectivity index is 2.72. The monoisotopic (exact) mass is 277 g/mol. The van der Waals surface area contributed by atoms with Crippen molar-refractivity contribution in [2.75, 3.05) is 7.05 Å². The second kappa shape index (κ2) is 7.61. The average molecular weight is 277 g/mol. The third kappa shape index (κ3) is 4.63. The van der Waals surface area contributed by atoms with Crippen molar-refractivity contribution in [2.45, 2.75) is 32.9 Å². The average Bonchev–Trinajstić information content (AvgIpc) is 2.43. The maximum absolute atomic E-state index is 13.2. The lowest BCUT2D eigenvalue weighted by atomic mass is 10.0. The molecule has 1 atom stereocenters. The number of rotatable bonds is 6. The molecule has 0 aliphatic carbocycles. The van der Waals surface area contributed by atoms with Gasteiger partial charge in [0.1, 0.15) is 11.9 Å². The van der Waals surface area contributed by atoms with E-state index < -0.39 is 5.82 Å². The van der Waals surface area contributed by atoms with Crippen LogP contribution in [0.1, 0.15) is 31.4 Å². The molecular formula is C15H20FN3O. The molecule has 1 aromatic carbocycles. The summed E-state index contributed by atoms with van der Waals surface area (Å²) in [4.78, 5) is 11.8. The summed E-state index contributed by atoms with van der Waals surface area (Å²) >= 11 is 0. The number of hydrogen-bond donors (Lipinski definition) is 2. The van der Waals surface area contributed by atoms with Crippen molar-refractivity contribution < 1.29 is 9.18 Å². The number of carbonyl (C=O) groups excluding carboxylic acids is 1. The summed E-state index contributed by atoms with van der Waals surface area (Å²) in [5.41, 5.74) is 0.797. The molecule has 5 heteroatoms. The summed E-state index contributed by atoms with van der Waals surface area (Å²) in [7, 11) is 1.60. The first-order chi connectivity index (χ1) is 9.47. The van der Waals surface area contributed by atoms with Gasteiger partial charge in [-0.1, -0.05) is 19.9 Å². The molecule has 1 amide bonds. The van der Waals surface area contributed by atoms with Crippen molar-refractivity contribution in [1.29, 1.82) is 5.26 Å². The van der Waals surface area contributed by atoms with Crippen LogP contribution in [0.3, 0.4) is 0 Å². The van der Waals surface area contributed by atoms with Gasteiger partial charge in [-0.3, -0.25) is 4.79 Å². The summed E-state index contributed by atoms with van der Waals surface area (Å²) < 4.78 is 13.2. The van der Waals surface area contributed by atoms with Crippen LogP contribution in [0.15, 0.2) is 18.2 Å². The maximum Gasteiger partial charge on any atom is 0.236 e. The van der Waals surface area contributed by atoms with Crippen LogP contribution in [-0.4, -0.2) is 19.0 Å². The number of nitrogens with zero attached hydrogens (tertiary/aromatic N) is 1. The minimum absolute atomic E-state index is 0.0182. The van der Waals surface area contributed by atoms with Gasteiger partial charge < -0.3 is 10.6 Å². The van der Waals surface area contributed by atoms with E-state index in [4.69, 9.17) is 5.26 Å². The Bertz CT molecular complexity index is 508. The molecule has 0 bridgehead atoms. The molecule has 1 rings (SSSR count). The normalized spacial score (nSPS) is 12.0. The molecule has 0 saturated heterocycles. The van der Waals surface area contributed by atoms with E-state index in [-0.39, 0.29) is 17.5 Å². The van der Waals surface area contributed by atoms with Crippen LogP contribution in [0, 0.1) is 23.1 Å². The number of amides is 1. The van der Waals surface area contributed by atoms with Gasteiger partial charge in [-0.2, -0.15) is 5.26 Å². The van der Waals surface area contributed by atoms with E-state index in [1.165, 1.54) is 12.1 Å². The lowest BCUT2D eigenvalue weighted by Gasteiger charge is -2.19. The Hall–Kier alpha value is -1.93. The molecule has 0 radical (unpaired) electrons. The number of carbonyl (C=O) groups is 1. The summed E-state index contributed by atoms with van der Waals surface area (Å²) in [5.74, 6) is -0.213. The third-order valence-electron chi connectivity index (χ3n) is 2.97. The number of nitriles is 1. The van der Waals surface area contributed by atoms with E-state index in [2.05, 4.69) is 10.6 Å². The fraction of sp³-hybridized carbons (Fsp3) is 0.467. The SMILES string of the molecule is CNC(=O)C(CC(C)C)NCc1ccc(F)c(C#N)c1. The summed E-state index contributed by atoms with van der Waals surface area (Å²) in [6.45, 7) is 4.51. The molecule has 0 saturated carbocycles. The molecule has 20 heavy (non-hydrogen) atoms. The quantitative estimate of drug-likeness (QED) is 0.835. The molecule has 4 nitrogen and oxygen atoms in total. The molecule has 1 unspecified atom stereocenters. The minimum atomic E-state index is -0.527. The topological polar surface area (TPSA) is 64.9 Å². The van der Waals surface area contributed by atoms with Crippen LogP contribution in [0.25, 0.3) is 0 Å². The van der Waals surface area contributed by atoms with Gasteiger partial charge in [0.2, 0.25) is 5.91 Å². The van der Waals surface area contributed by atoms with E-state index in [9.17, 15) is 9.18 Å². The van der Waals surface area contributed by atoms with Crippen molar-refractivity contribution in [2.24, 2.45) is 5.92 Å². The Kier molecular flexibility index (Phi) is 6.13. The van der Waals surface area contributed by atoms with Gasteiger partial charge in [0.15, 0.2) is 0 Å². The number of nitrogens with one attached hydrogen (secondary N) is 2. The van der Waals surface area contributed by atoms with Crippen LogP contribution in [0.2, 0.25) is 0 Å². The lowest BCUT2D eigenvalue weighted by molar-refractivity contribution is -0.123. The Morgan fingerprint density at radius 3 is 2.70 bits per heavy atom. The third-order valence-corrected chi connectivity index (χ3v) is 2.97.